The van der Waals surface area contributed by atoms with E-state index in [9.17, 15) is 0 Å². The normalized spacial score (nSPS) is 18.8. The highest BCUT2D eigenvalue weighted by Crippen LogP contribution is 2.18. The Bertz CT molecular complexity index is 881. The number of anilines is 1. The van der Waals surface area contributed by atoms with Crippen molar-refractivity contribution in [1.82, 2.24) is 25.4 Å². The second kappa shape index (κ2) is 9.09. The Morgan fingerprint density at radius 1 is 1.31 bits per heavy atom. The first kappa shape index (κ1) is 19.4. The number of ether oxygens (including phenoxy) is 1. The molecule has 1 unspecified atom stereocenters. The van der Waals surface area contributed by atoms with Crippen LogP contribution < -0.4 is 15.5 Å². The zero-order valence-corrected chi connectivity index (χ0v) is 17.1. The largest absolute Gasteiger partial charge is 0.377 e. The first-order valence-corrected chi connectivity index (χ1v) is 10.1. The van der Waals surface area contributed by atoms with Gasteiger partial charge in [0.05, 0.1) is 6.54 Å². The summed E-state index contributed by atoms with van der Waals surface area (Å²) in [6.45, 7) is 3.93. The fourth-order valence-electron chi connectivity index (χ4n) is 3.79. The Kier molecular flexibility index (Phi) is 6.09. The second-order valence-corrected chi connectivity index (χ2v) is 7.41. The van der Waals surface area contributed by atoms with E-state index in [1.165, 1.54) is 11.3 Å². The van der Waals surface area contributed by atoms with Crippen molar-refractivity contribution in [3.63, 3.8) is 0 Å². The molecule has 0 saturated heterocycles. The van der Waals surface area contributed by atoms with Crippen LogP contribution in [0.5, 0.6) is 0 Å². The number of nitrogens with one attached hydrogen (secondary N) is 2. The van der Waals surface area contributed by atoms with Gasteiger partial charge in [-0.05, 0) is 24.1 Å². The molecule has 1 atom stereocenters. The van der Waals surface area contributed by atoms with Crippen molar-refractivity contribution in [2.24, 2.45) is 4.99 Å². The van der Waals surface area contributed by atoms with E-state index in [1.54, 1.807) is 7.11 Å². The van der Waals surface area contributed by atoms with Crippen LogP contribution in [0.3, 0.4) is 0 Å². The minimum atomic E-state index is 0.271. The molecule has 8 heteroatoms. The van der Waals surface area contributed by atoms with Gasteiger partial charge in [0, 0.05) is 51.9 Å². The lowest BCUT2D eigenvalue weighted by Crippen LogP contribution is -2.46. The number of hydrogen-bond acceptors (Lipinski definition) is 5. The van der Waals surface area contributed by atoms with Gasteiger partial charge < -0.3 is 20.3 Å². The Hall–Kier alpha value is -2.87. The van der Waals surface area contributed by atoms with Gasteiger partial charge in [-0.1, -0.05) is 24.3 Å². The highest BCUT2D eigenvalue weighted by Gasteiger charge is 2.22. The van der Waals surface area contributed by atoms with Crippen molar-refractivity contribution in [2.75, 3.05) is 32.1 Å². The van der Waals surface area contributed by atoms with Crippen molar-refractivity contribution in [3.8, 4) is 0 Å². The molecule has 1 aromatic heterocycles. The van der Waals surface area contributed by atoms with Gasteiger partial charge in [-0.15, -0.1) is 0 Å². The summed E-state index contributed by atoms with van der Waals surface area (Å²) in [4.78, 5) is 11.3. The molecule has 2 aliphatic rings. The molecule has 4 rings (SSSR count). The summed E-state index contributed by atoms with van der Waals surface area (Å²) in [5, 5.41) is 11.5. The summed E-state index contributed by atoms with van der Waals surface area (Å²) >= 11 is 0. The third-order valence-electron chi connectivity index (χ3n) is 5.29. The van der Waals surface area contributed by atoms with E-state index in [0.29, 0.717) is 6.61 Å². The van der Waals surface area contributed by atoms with E-state index in [4.69, 9.17) is 4.74 Å². The van der Waals surface area contributed by atoms with E-state index < -0.39 is 0 Å². The quantitative estimate of drug-likeness (QED) is 0.438. The van der Waals surface area contributed by atoms with Crippen LogP contribution in [0.15, 0.2) is 41.4 Å². The number of guanidine groups is 1. The molecule has 0 spiro atoms. The molecule has 2 aromatic rings. The van der Waals surface area contributed by atoms with Gasteiger partial charge in [-0.2, -0.15) is 5.10 Å². The smallest absolute Gasteiger partial charge is 0.191 e. The summed E-state index contributed by atoms with van der Waals surface area (Å²) in [6, 6.07) is 8.94. The summed E-state index contributed by atoms with van der Waals surface area (Å²) in [5.41, 5.74) is 2.50. The van der Waals surface area contributed by atoms with E-state index in [1.807, 2.05) is 11.7 Å². The summed E-state index contributed by atoms with van der Waals surface area (Å²) < 4.78 is 7.12. The molecule has 2 N–H and O–H groups in total. The monoisotopic (exact) mass is 395 g/mol. The fraction of sp³-hybridized carbons (Fsp3) is 0.476. The molecule has 0 fully saturated rings. The predicted octanol–water partition coefficient (Wildman–Crippen LogP) is 1.48. The lowest BCUT2D eigenvalue weighted by atomic mass is 10.1. The first-order valence-electron chi connectivity index (χ1n) is 10.1. The van der Waals surface area contributed by atoms with Gasteiger partial charge in [0.15, 0.2) is 11.8 Å². The van der Waals surface area contributed by atoms with Gasteiger partial charge in [-0.3, -0.25) is 4.99 Å². The zero-order valence-electron chi connectivity index (χ0n) is 17.1. The van der Waals surface area contributed by atoms with Gasteiger partial charge in [0.25, 0.3) is 0 Å². The van der Waals surface area contributed by atoms with Crippen LogP contribution in [-0.2, 0) is 30.9 Å². The first-order chi connectivity index (χ1) is 14.2. The lowest BCUT2D eigenvalue weighted by Gasteiger charge is -2.25. The van der Waals surface area contributed by atoms with Crippen molar-refractivity contribution in [3.05, 3.63) is 53.6 Å². The number of aromatic nitrogens is 3. The lowest BCUT2D eigenvalue weighted by molar-refractivity contribution is 0.177. The van der Waals surface area contributed by atoms with Crippen molar-refractivity contribution in [2.45, 2.75) is 38.6 Å². The topological polar surface area (TPSA) is 79.6 Å². The maximum Gasteiger partial charge on any atom is 0.191 e. The molecule has 0 amide bonds. The molecule has 0 bridgehead atoms. The minimum absolute atomic E-state index is 0.271. The standard InChI is InChI=1S/C21H29N7O/c1-22-21(23-13-16-6-5-7-18(12-16)27-10-3-4-11-27)24-17-8-9-20-25-19(15-29-2)26-28(20)14-17/h3-7,12,17H,8-11,13-15H2,1-2H3,(H2,22,23,24). The van der Waals surface area contributed by atoms with Crippen LogP contribution in [0.2, 0.25) is 0 Å². The van der Waals surface area contributed by atoms with Gasteiger partial charge in [0.1, 0.15) is 12.4 Å². The van der Waals surface area contributed by atoms with Gasteiger partial charge >= 0.3 is 0 Å². The van der Waals surface area contributed by atoms with E-state index in [0.717, 1.165) is 56.6 Å². The summed E-state index contributed by atoms with van der Waals surface area (Å²) in [7, 11) is 3.47. The SMILES string of the molecule is CN=C(NCc1cccc(N2CC=CC2)c1)NC1CCc2nc(COC)nn2C1. The number of aliphatic imine (C=N–C) groups is 1. The zero-order chi connectivity index (χ0) is 20.1. The average molecular weight is 396 g/mol. The number of hydrogen-bond donors (Lipinski definition) is 2. The molecule has 154 valence electrons. The molecular formula is C21H29N7O. The molecule has 0 aliphatic carbocycles. The molecule has 1 aromatic carbocycles. The Balaban J connectivity index is 1.31. The number of fused-ring (bicyclic) bond motifs is 1. The van der Waals surface area contributed by atoms with Crippen LogP contribution in [-0.4, -0.2) is 54.0 Å². The van der Waals surface area contributed by atoms with Crippen molar-refractivity contribution in [1.29, 1.82) is 0 Å². The summed E-state index contributed by atoms with van der Waals surface area (Å²) in [5.74, 6) is 2.59. The average Bonchev–Trinajstić information content (AvgIpc) is 3.41. The second-order valence-electron chi connectivity index (χ2n) is 7.41. The molecule has 2 aliphatic heterocycles. The summed E-state index contributed by atoms with van der Waals surface area (Å²) in [6.07, 6.45) is 6.32. The number of nitrogens with zero attached hydrogens (tertiary/aromatic N) is 5. The highest BCUT2D eigenvalue weighted by atomic mass is 16.5. The molecule has 0 saturated carbocycles. The van der Waals surface area contributed by atoms with Crippen LogP contribution in [0.4, 0.5) is 5.69 Å². The third kappa shape index (κ3) is 4.76. The number of benzene rings is 1. The van der Waals surface area contributed by atoms with Crippen molar-refractivity contribution < 1.29 is 4.74 Å². The number of methoxy groups -OCH3 is 1. The third-order valence-corrected chi connectivity index (χ3v) is 5.29. The number of aryl methyl sites for hydroxylation is 1. The minimum Gasteiger partial charge on any atom is -0.377 e. The van der Waals surface area contributed by atoms with E-state index in [2.05, 4.69) is 67.0 Å². The fourth-order valence-corrected chi connectivity index (χ4v) is 3.79. The Morgan fingerprint density at radius 2 is 2.17 bits per heavy atom. The van der Waals surface area contributed by atoms with Gasteiger partial charge in [0.2, 0.25) is 0 Å². The molecule has 8 nitrogen and oxygen atoms in total. The molecule has 29 heavy (non-hydrogen) atoms. The predicted molar refractivity (Wildman–Crippen MR) is 114 cm³/mol. The number of rotatable bonds is 6. The van der Waals surface area contributed by atoms with Crippen LogP contribution in [0.25, 0.3) is 0 Å². The van der Waals surface area contributed by atoms with Crippen LogP contribution in [0, 0.1) is 0 Å². The Morgan fingerprint density at radius 3 is 2.97 bits per heavy atom. The van der Waals surface area contributed by atoms with Crippen molar-refractivity contribution >= 4 is 11.6 Å². The highest BCUT2D eigenvalue weighted by molar-refractivity contribution is 5.80. The van der Waals surface area contributed by atoms with E-state index in [-0.39, 0.29) is 6.04 Å². The van der Waals surface area contributed by atoms with Gasteiger partial charge in [-0.25, -0.2) is 9.67 Å². The van der Waals surface area contributed by atoms with Crippen LogP contribution in [0.1, 0.15) is 23.6 Å². The maximum absolute atomic E-state index is 5.14. The maximum atomic E-state index is 5.14. The van der Waals surface area contributed by atoms with E-state index >= 15 is 0 Å². The molecule has 0 radical (unpaired) electrons. The molecular weight excluding hydrogens is 366 g/mol. The molecule has 3 heterocycles. The Labute approximate surface area is 171 Å². The van der Waals surface area contributed by atoms with Crippen LogP contribution >= 0.6 is 0 Å².